The first kappa shape index (κ1) is 30.7. The Bertz CT molecular complexity index is 521. The van der Waals surface area contributed by atoms with E-state index in [2.05, 4.69) is 17.9 Å². The van der Waals surface area contributed by atoms with Crippen LogP contribution in [0, 0.1) is 0 Å². The quantitative estimate of drug-likeness (QED) is 0.165. The van der Waals surface area contributed by atoms with Crippen molar-refractivity contribution >= 4 is 58.0 Å². The molecule has 1 aromatic carbocycles. The van der Waals surface area contributed by atoms with Crippen LogP contribution in [0.3, 0.4) is 0 Å². The average Bonchev–Trinajstić information content (AvgIpc) is 2.74. The lowest BCUT2D eigenvalue weighted by atomic mass is 10.0. The molecule has 0 heterocycles. The van der Waals surface area contributed by atoms with Crippen LogP contribution in [0.4, 0.5) is 0 Å². The Kier molecular flexibility index (Phi) is 17.2. The molecule has 0 spiro atoms. The number of phenolic OH excluding ortho intramolecular Hbond substituents is 1. The molecule has 0 saturated carbocycles. The fourth-order valence-corrected chi connectivity index (χ4v) is 2.46. The Morgan fingerprint density at radius 2 is 0.966 bits per heavy atom. The highest BCUT2D eigenvalue weighted by Gasteiger charge is 2.29. The lowest BCUT2D eigenvalue weighted by molar-refractivity contribution is -0.123. The normalized spacial score (nSPS) is 14.2. The second-order valence-corrected chi connectivity index (χ2v) is 6.76. The summed E-state index contributed by atoms with van der Waals surface area (Å²) in [7, 11) is 0. The Morgan fingerprint density at radius 1 is 0.690 bits per heavy atom. The fraction of sp³-hybridized carbons (Fsp3) is 0.375. The van der Waals surface area contributed by atoms with Gasteiger partial charge in [-0.2, -0.15) is 0 Å². The van der Waals surface area contributed by atoms with Gasteiger partial charge in [0, 0.05) is 0 Å². The summed E-state index contributed by atoms with van der Waals surface area (Å²) in [5, 5.41) is 61.2. The molecule has 168 valence electrons. The van der Waals surface area contributed by atoms with E-state index in [4.69, 9.17) is 88.6 Å². The zero-order chi connectivity index (χ0) is 23.3. The summed E-state index contributed by atoms with van der Waals surface area (Å²) < 4.78 is 4.36. The van der Waals surface area contributed by atoms with Crippen molar-refractivity contribution in [3.8, 4) is 5.75 Å². The first-order valence-electron chi connectivity index (χ1n) is 7.44. The second-order valence-electron chi connectivity index (χ2n) is 4.87. The van der Waals surface area contributed by atoms with Gasteiger partial charge in [0.05, 0.1) is 40.8 Å². The highest BCUT2D eigenvalue weighted by atomic mass is 35.5. The summed E-state index contributed by atoms with van der Waals surface area (Å²) in [5.41, 5.74) is 0. The minimum absolute atomic E-state index is 0.00904. The zero-order valence-corrected chi connectivity index (χ0v) is 18.5. The van der Waals surface area contributed by atoms with Gasteiger partial charge in [-0.3, -0.25) is 0 Å². The Morgan fingerprint density at radius 3 is 1.17 bits per heavy atom. The van der Waals surface area contributed by atoms with Crippen molar-refractivity contribution < 1.29 is 40.5 Å². The molecule has 4 atom stereocenters. The standard InChI is InChI=1S/C6HCl5O.C6H14O6.C4H6O/c7-1-2(8)4(10)6(12)5(11)3(1)9;7-1-3(9)5(11)6(12)4(10)2-8;1-3-5-4-2/h12H;3-12H,1-2H2;3-4H,1-2H2/t;3-,4+,5-,6-;/m.1./s1. The molecule has 0 fully saturated rings. The zero-order valence-electron chi connectivity index (χ0n) is 14.7. The van der Waals surface area contributed by atoms with Gasteiger partial charge >= 0.3 is 0 Å². The van der Waals surface area contributed by atoms with Crippen LogP contribution in [0.1, 0.15) is 0 Å². The van der Waals surface area contributed by atoms with E-state index in [1.807, 2.05) is 0 Å². The third kappa shape index (κ3) is 10.4. The third-order valence-electron chi connectivity index (χ3n) is 2.89. The first-order valence-corrected chi connectivity index (χ1v) is 9.33. The number of halogens is 5. The molecule has 13 heteroatoms. The summed E-state index contributed by atoms with van der Waals surface area (Å²) in [6, 6.07) is 0. The van der Waals surface area contributed by atoms with E-state index in [-0.39, 0.29) is 30.9 Å². The summed E-state index contributed by atoms with van der Waals surface area (Å²) >= 11 is 27.9. The van der Waals surface area contributed by atoms with Gasteiger partial charge in [-0.1, -0.05) is 71.2 Å². The molecule has 29 heavy (non-hydrogen) atoms. The van der Waals surface area contributed by atoms with E-state index in [1.165, 1.54) is 12.5 Å². The monoisotopic (exact) mass is 516 g/mol. The molecular formula is C16H21Cl5O8. The molecule has 0 radical (unpaired) electrons. The summed E-state index contributed by atoms with van der Waals surface area (Å²) in [4.78, 5) is 0. The molecule has 0 aliphatic rings. The summed E-state index contributed by atoms with van der Waals surface area (Å²) in [5.74, 6) is -0.363. The average molecular weight is 519 g/mol. The first-order chi connectivity index (χ1) is 13.4. The van der Waals surface area contributed by atoms with Crippen molar-refractivity contribution in [3.05, 3.63) is 50.8 Å². The SMILES string of the molecule is C=COC=C.OC[C@@H](O)[C@@H](O)[C@H](O)[C@@H](O)CO.Oc1c(Cl)c(Cl)c(Cl)c(Cl)c1Cl. The van der Waals surface area contributed by atoms with Gasteiger partial charge in [-0.25, -0.2) is 0 Å². The molecule has 0 aromatic heterocycles. The van der Waals surface area contributed by atoms with E-state index in [0.29, 0.717) is 0 Å². The topological polar surface area (TPSA) is 151 Å². The fourth-order valence-electron chi connectivity index (χ4n) is 1.33. The Hall–Kier alpha value is -0.490. The van der Waals surface area contributed by atoms with E-state index >= 15 is 0 Å². The van der Waals surface area contributed by atoms with Gasteiger partial charge in [-0.15, -0.1) is 0 Å². The number of hydrogen-bond acceptors (Lipinski definition) is 8. The Labute approximate surface area is 192 Å². The van der Waals surface area contributed by atoms with Crippen LogP contribution in [-0.4, -0.2) is 73.4 Å². The minimum atomic E-state index is -1.67. The number of ether oxygens (including phenoxy) is 1. The predicted molar refractivity (Wildman–Crippen MR) is 113 cm³/mol. The number of aromatic hydroxyl groups is 1. The molecule has 7 N–H and O–H groups in total. The predicted octanol–water partition coefficient (Wildman–Crippen LogP) is 2.36. The van der Waals surface area contributed by atoms with Crippen LogP contribution >= 0.6 is 58.0 Å². The van der Waals surface area contributed by atoms with E-state index in [0.717, 1.165) is 0 Å². The van der Waals surface area contributed by atoms with Crippen LogP contribution in [0.5, 0.6) is 5.75 Å². The van der Waals surface area contributed by atoms with Crippen LogP contribution in [0.2, 0.25) is 25.1 Å². The van der Waals surface area contributed by atoms with Crippen LogP contribution in [-0.2, 0) is 4.74 Å². The van der Waals surface area contributed by atoms with Gasteiger partial charge in [0.2, 0.25) is 0 Å². The second kappa shape index (κ2) is 16.2. The van der Waals surface area contributed by atoms with E-state index in [9.17, 15) is 5.11 Å². The maximum Gasteiger partial charge on any atom is 0.155 e. The number of hydrogen-bond donors (Lipinski definition) is 7. The van der Waals surface area contributed by atoms with Crippen molar-refractivity contribution in [1.82, 2.24) is 0 Å². The molecule has 1 aromatic rings. The molecule has 0 amide bonds. The van der Waals surface area contributed by atoms with Crippen molar-refractivity contribution in [1.29, 1.82) is 0 Å². The van der Waals surface area contributed by atoms with Gasteiger partial charge in [-0.05, 0) is 0 Å². The van der Waals surface area contributed by atoms with Gasteiger partial charge in [0.15, 0.2) is 5.75 Å². The number of benzene rings is 1. The molecule has 0 aliphatic carbocycles. The van der Waals surface area contributed by atoms with Gasteiger partial charge < -0.3 is 40.5 Å². The molecule has 0 aliphatic heterocycles. The maximum atomic E-state index is 9.20. The van der Waals surface area contributed by atoms with E-state index in [1.54, 1.807) is 0 Å². The van der Waals surface area contributed by atoms with Crippen molar-refractivity contribution in [2.75, 3.05) is 13.2 Å². The third-order valence-corrected chi connectivity index (χ3v) is 5.15. The van der Waals surface area contributed by atoms with E-state index < -0.39 is 37.6 Å². The summed E-state index contributed by atoms with van der Waals surface area (Å²) in [6.45, 7) is 5.06. The lowest BCUT2D eigenvalue weighted by Crippen LogP contribution is -2.46. The number of rotatable bonds is 7. The molecule has 0 unspecified atom stereocenters. The summed E-state index contributed by atoms with van der Waals surface area (Å²) in [6.07, 6.45) is -3.77. The lowest BCUT2D eigenvalue weighted by Gasteiger charge is -2.24. The van der Waals surface area contributed by atoms with Crippen LogP contribution in [0.15, 0.2) is 25.7 Å². The molecule has 0 bridgehead atoms. The molecule has 0 saturated heterocycles. The molecule has 8 nitrogen and oxygen atoms in total. The molecular weight excluding hydrogens is 497 g/mol. The number of aliphatic hydroxyl groups is 6. The largest absolute Gasteiger partial charge is 0.505 e. The highest BCUT2D eigenvalue weighted by molar-refractivity contribution is 6.55. The maximum absolute atomic E-state index is 9.20. The Balaban J connectivity index is 0. The van der Waals surface area contributed by atoms with Crippen molar-refractivity contribution in [2.45, 2.75) is 24.4 Å². The van der Waals surface area contributed by atoms with Crippen LogP contribution < -0.4 is 0 Å². The van der Waals surface area contributed by atoms with Gasteiger partial charge in [0.25, 0.3) is 0 Å². The smallest absolute Gasteiger partial charge is 0.155 e. The minimum Gasteiger partial charge on any atom is -0.505 e. The number of phenols is 1. The molecule has 1 rings (SSSR count). The van der Waals surface area contributed by atoms with Crippen LogP contribution in [0.25, 0.3) is 0 Å². The van der Waals surface area contributed by atoms with Crippen molar-refractivity contribution in [3.63, 3.8) is 0 Å². The highest BCUT2D eigenvalue weighted by Crippen LogP contribution is 2.47. The van der Waals surface area contributed by atoms with Gasteiger partial charge in [0.1, 0.15) is 34.5 Å². The van der Waals surface area contributed by atoms with Crippen molar-refractivity contribution in [2.24, 2.45) is 0 Å². The number of aliphatic hydroxyl groups excluding tert-OH is 6.